The summed E-state index contributed by atoms with van der Waals surface area (Å²) in [6.07, 6.45) is 10.0. The zero-order chi connectivity index (χ0) is 35.9. The Bertz CT molecular complexity index is 1910. The van der Waals surface area contributed by atoms with Gasteiger partial charge in [0.15, 0.2) is 5.78 Å². The molecule has 50 heavy (non-hydrogen) atoms. The van der Waals surface area contributed by atoms with Gasteiger partial charge in [-0.2, -0.15) is 0 Å². The number of pyridine rings is 2. The number of benzene rings is 2. The number of aliphatic hydroxyl groups excluding tert-OH is 1. The van der Waals surface area contributed by atoms with Crippen molar-refractivity contribution in [1.82, 2.24) is 4.98 Å². The van der Waals surface area contributed by atoms with Gasteiger partial charge < -0.3 is 9.67 Å². The van der Waals surface area contributed by atoms with Gasteiger partial charge in [-0.1, -0.05) is 91.5 Å². The molecule has 0 aliphatic rings. The normalized spacial score (nSPS) is 12.0. The van der Waals surface area contributed by atoms with Crippen LogP contribution in [-0.4, -0.2) is 15.9 Å². The average molecular weight is 868 g/mol. The van der Waals surface area contributed by atoms with E-state index in [0.717, 1.165) is 64.7 Å². The summed E-state index contributed by atoms with van der Waals surface area (Å²) in [7, 11) is 4.27. The molecule has 269 valence electrons. The Balaban J connectivity index is 0.000000361. The third kappa shape index (κ3) is 10.1. The fourth-order valence-corrected chi connectivity index (χ4v) is 7.55. The number of aromatic nitrogens is 2. The minimum Gasteiger partial charge on any atom is -0.512 e. The van der Waals surface area contributed by atoms with Gasteiger partial charge in [0.25, 0.3) is 0 Å². The van der Waals surface area contributed by atoms with Crippen LogP contribution in [0.1, 0.15) is 98.4 Å². The predicted molar refractivity (Wildman–Crippen MR) is 209 cm³/mol. The second kappa shape index (κ2) is 18.3. The third-order valence-electron chi connectivity index (χ3n) is 9.34. The minimum atomic E-state index is 0. The number of thiophene rings is 1. The van der Waals surface area contributed by atoms with E-state index in [1.165, 1.54) is 27.3 Å². The van der Waals surface area contributed by atoms with Gasteiger partial charge in [-0.15, -0.1) is 40.5 Å². The van der Waals surface area contributed by atoms with E-state index in [9.17, 15) is 9.90 Å². The van der Waals surface area contributed by atoms with E-state index in [1.54, 1.807) is 11.3 Å². The smallest absolute Gasteiger partial charge is 0.162 e. The molecule has 1 radical (unpaired) electrons. The van der Waals surface area contributed by atoms with Crippen LogP contribution in [0.2, 0.25) is 0 Å². The van der Waals surface area contributed by atoms with Crippen molar-refractivity contribution in [3.05, 3.63) is 102 Å². The zero-order valence-electron chi connectivity index (χ0n) is 31.4. The first-order valence-electron chi connectivity index (χ1n) is 17.9. The molecule has 5 aromatic rings. The molecule has 0 aliphatic carbocycles. The summed E-state index contributed by atoms with van der Waals surface area (Å²) >= 11 is 1.81. The van der Waals surface area contributed by atoms with Gasteiger partial charge in [0.1, 0.15) is 10.5 Å². The second-order valence-electron chi connectivity index (χ2n) is 14.6. The van der Waals surface area contributed by atoms with Crippen LogP contribution in [0, 0.1) is 30.9 Å². The molecule has 5 rings (SSSR count). The number of hydrogen-bond donors (Lipinski definition) is 1. The summed E-state index contributed by atoms with van der Waals surface area (Å²) in [6.45, 7) is 19.4. The molecule has 0 fully saturated rings. The largest absolute Gasteiger partial charge is 0.512 e. The quantitative estimate of drug-likeness (QED) is 0.0623. The molecule has 0 unspecified atom stereocenters. The number of carbonyl (C=O) groups excluding carboxylic acids is 1. The van der Waals surface area contributed by atoms with Gasteiger partial charge in [-0.25, -0.2) is 4.98 Å². The fraction of sp³-hybridized carbons (Fsp3) is 0.409. The summed E-state index contributed by atoms with van der Waals surface area (Å²) in [5.41, 5.74) is 5.71. The van der Waals surface area contributed by atoms with Crippen LogP contribution in [-0.2, 0) is 36.7 Å². The van der Waals surface area contributed by atoms with E-state index in [0.29, 0.717) is 5.92 Å². The molecule has 1 N–H and O–H groups in total. The van der Waals surface area contributed by atoms with Gasteiger partial charge in [0.2, 0.25) is 0 Å². The predicted octanol–water partition coefficient (Wildman–Crippen LogP) is 11.9. The Kier molecular flexibility index (Phi) is 15.0. The molecule has 3 heterocycles. The van der Waals surface area contributed by atoms with Crippen LogP contribution in [0.5, 0.6) is 0 Å². The molecule has 6 heteroatoms. The Hall–Kier alpha value is -3.31. The molecule has 4 nitrogen and oxygen atoms in total. The van der Waals surface area contributed by atoms with Crippen molar-refractivity contribution < 1.29 is 34.6 Å². The SMILES string of the molecule is CCC(CC)C(=O)/C=C(\O)C(CC)CC.[CH2-][n+]1ccc(-c2cnc3sc(CC(C)C)cc3c2)cc1-c1[c-]c2ccccc2c(C(C)(C)C)c1.[Ir]. The van der Waals surface area contributed by atoms with Gasteiger partial charge in [-0.05, 0) is 78.8 Å². The molecule has 0 atom stereocenters. The molecular formula is C44H55IrN2O2S-. The zero-order valence-corrected chi connectivity index (χ0v) is 34.6. The number of rotatable bonds is 11. The maximum absolute atomic E-state index is 11.7. The van der Waals surface area contributed by atoms with Crippen LogP contribution >= 0.6 is 11.3 Å². The van der Waals surface area contributed by atoms with Crippen molar-refractivity contribution in [3.8, 4) is 22.4 Å². The average Bonchev–Trinajstić information content (AvgIpc) is 3.46. The van der Waals surface area contributed by atoms with Crippen molar-refractivity contribution in [2.75, 3.05) is 0 Å². The summed E-state index contributed by atoms with van der Waals surface area (Å²) in [5.74, 6) is 1.19. The number of aliphatic hydroxyl groups is 1. The van der Waals surface area contributed by atoms with Crippen molar-refractivity contribution >= 4 is 38.1 Å². The number of nitrogens with zero attached hydrogens (tertiary/aromatic N) is 2. The van der Waals surface area contributed by atoms with Crippen LogP contribution in [0.15, 0.2) is 78.8 Å². The third-order valence-corrected chi connectivity index (χ3v) is 10.4. The van der Waals surface area contributed by atoms with Gasteiger partial charge in [0.05, 0.1) is 12.0 Å². The van der Waals surface area contributed by atoms with Crippen LogP contribution in [0.4, 0.5) is 0 Å². The second-order valence-corrected chi connectivity index (χ2v) is 15.7. The Morgan fingerprint density at radius 3 is 2.24 bits per heavy atom. The molecular weight excluding hydrogens is 813 g/mol. The van der Waals surface area contributed by atoms with Gasteiger partial charge >= 0.3 is 0 Å². The monoisotopic (exact) mass is 868 g/mol. The molecule has 2 aromatic carbocycles. The van der Waals surface area contributed by atoms with Crippen LogP contribution < -0.4 is 4.57 Å². The van der Waals surface area contributed by atoms with Crippen molar-refractivity contribution in [2.45, 2.75) is 99.8 Å². The van der Waals surface area contributed by atoms with E-state index in [1.807, 2.05) is 44.7 Å². The van der Waals surface area contributed by atoms with E-state index < -0.39 is 0 Å². The number of allylic oxidation sites excluding steroid dienone is 2. The molecule has 0 spiro atoms. The Morgan fingerprint density at radius 2 is 1.62 bits per heavy atom. The molecule has 0 saturated carbocycles. The first-order chi connectivity index (χ1) is 23.3. The molecule has 0 amide bonds. The van der Waals surface area contributed by atoms with Crippen molar-refractivity contribution in [1.29, 1.82) is 0 Å². The van der Waals surface area contributed by atoms with Crippen LogP contribution in [0.3, 0.4) is 0 Å². The molecule has 0 bridgehead atoms. The Morgan fingerprint density at radius 1 is 0.960 bits per heavy atom. The van der Waals surface area contributed by atoms with Crippen LogP contribution in [0.25, 0.3) is 43.4 Å². The first kappa shape index (κ1) is 41.1. The Labute approximate surface area is 318 Å². The summed E-state index contributed by atoms with van der Waals surface area (Å²) in [4.78, 5) is 19.0. The van der Waals surface area contributed by atoms with Gasteiger partial charge in [-0.3, -0.25) is 4.79 Å². The fourth-order valence-electron chi connectivity index (χ4n) is 6.35. The number of hydrogen-bond acceptors (Lipinski definition) is 4. The maximum Gasteiger partial charge on any atom is 0.162 e. The summed E-state index contributed by atoms with van der Waals surface area (Å²) in [5, 5.41) is 13.4. The molecule has 3 aromatic heterocycles. The standard InChI is InChI=1S/C31H31N2S.C13H24O2.Ir/c1-20(2)13-26-16-24-15-25(19-32-30(24)34-26)21-11-12-33(6)29(18-21)23-14-22-9-7-8-10-27(22)28(17-23)31(3,4)5;1-5-10(6-2)12(14)9-13(15)11(7-3)8-4;/h7-12,15-20H,6,13H2,1-5H3;9-11,14H,5-8H2,1-4H3;/q-1;;/b;12-9-;. The minimum absolute atomic E-state index is 0. The molecule has 0 saturated heterocycles. The maximum atomic E-state index is 11.7. The van der Waals surface area contributed by atoms with Gasteiger partial charge in [0, 0.05) is 61.5 Å². The van der Waals surface area contributed by atoms with E-state index >= 15 is 0 Å². The summed E-state index contributed by atoms with van der Waals surface area (Å²) in [6, 6.07) is 23.4. The number of carbonyl (C=O) groups is 1. The van der Waals surface area contributed by atoms with E-state index in [2.05, 4.69) is 102 Å². The first-order valence-corrected chi connectivity index (χ1v) is 18.8. The van der Waals surface area contributed by atoms with E-state index in [-0.39, 0.29) is 48.9 Å². The molecule has 0 aliphatic heterocycles. The topological polar surface area (TPSA) is 54.1 Å². The van der Waals surface area contributed by atoms with Crippen molar-refractivity contribution in [2.24, 2.45) is 17.8 Å². The van der Waals surface area contributed by atoms with Crippen molar-refractivity contribution in [3.63, 3.8) is 0 Å². The number of fused-ring (bicyclic) bond motifs is 2. The summed E-state index contributed by atoms with van der Waals surface area (Å²) < 4.78 is 1.94. The van der Waals surface area contributed by atoms with E-state index in [4.69, 9.17) is 4.98 Å². The number of ketones is 1.